The Balaban J connectivity index is 1.81. The minimum absolute atomic E-state index is 0.121. The van der Waals surface area contributed by atoms with Crippen molar-refractivity contribution in [2.45, 2.75) is 13.8 Å². The number of para-hydroxylation sites is 1. The van der Waals surface area contributed by atoms with Crippen molar-refractivity contribution in [3.63, 3.8) is 0 Å². The summed E-state index contributed by atoms with van der Waals surface area (Å²) < 4.78 is 3.42. The summed E-state index contributed by atoms with van der Waals surface area (Å²) in [5, 5.41) is 0. The van der Waals surface area contributed by atoms with Crippen molar-refractivity contribution < 1.29 is 0 Å². The summed E-state index contributed by atoms with van der Waals surface area (Å²) in [4.78, 5) is 21.8. The van der Waals surface area contributed by atoms with E-state index in [1.165, 1.54) is 6.07 Å². The standard InChI is InChI=1S/C21H18N4O/c1-15-14-24(19-9-4-3-5-10-19)25-20(26)13-18(23-21(15)25)12-11-17-8-6-7-16(2)22-17/h3-14H,1-2H3/b12-11+. The molecule has 0 amide bonds. The number of fused-ring (bicyclic) bond motifs is 1. The van der Waals surface area contributed by atoms with Crippen LogP contribution in [0, 0.1) is 13.8 Å². The molecule has 0 N–H and O–H groups in total. The van der Waals surface area contributed by atoms with E-state index in [9.17, 15) is 4.79 Å². The van der Waals surface area contributed by atoms with Gasteiger partial charge in [0, 0.05) is 23.5 Å². The minimum atomic E-state index is -0.121. The summed E-state index contributed by atoms with van der Waals surface area (Å²) in [5.74, 6) is 0. The van der Waals surface area contributed by atoms with E-state index >= 15 is 0 Å². The molecule has 0 saturated carbocycles. The minimum Gasteiger partial charge on any atom is -0.267 e. The SMILES string of the molecule is Cc1cccc(/C=C/c2cc(=O)n3c(n2)c(C)cn3-c2ccccc2)n1. The molecule has 0 aliphatic heterocycles. The fourth-order valence-corrected chi connectivity index (χ4v) is 2.94. The van der Waals surface area contributed by atoms with Gasteiger partial charge in [-0.2, -0.15) is 4.52 Å². The Hall–Kier alpha value is -3.47. The summed E-state index contributed by atoms with van der Waals surface area (Å²) in [5.41, 5.74) is 4.79. The third-order valence-electron chi connectivity index (χ3n) is 4.16. The van der Waals surface area contributed by atoms with Gasteiger partial charge in [-0.1, -0.05) is 24.3 Å². The molecule has 0 unspecified atom stereocenters. The van der Waals surface area contributed by atoms with Crippen molar-refractivity contribution in [3.05, 3.63) is 93.8 Å². The van der Waals surface area contributed by atoms with Crippen LogP contribution >= 0.6 is 0 Å². The summed E-state index contributed by atoms with van der Waals surface area (Å²) in [7, 11) is 0. The van der Waals surface area contributed by atoms with Crippen LogP contribution in [0.2, 0.25) is 0 Å². The lowest BCUT2D eigenvalue weighted by atomic mass is 10.2. The van der Waals surface area contributed by atoms with Gasteiger partial charge >= 0.3 is 0 Å². The number of aryl methyl sites for hydroxylation is 2. The Morgan fingerprint density at radius 2 is 1.65 bits per heavy atom. The molecule has 0 bridgehead atoms. The number of benzene rings is 1. The van der Waals surface area contributed by atoms with Crippen LogP contribution in [-0.4, -0.2) is 19.2 Å². The van der Waals surface area contributed by atoms with E-state index in [0.29, 0.717) is 11.3 Å². The second-order valence-electron chi connectivity index (χ2n) is 6.18. The molecule has 4 rings (SSSR count). The Kier molecular flexibility index (Phi) is 3.97. The number of nitrogens with zero attached hydrogens (tertiary/aromatic N) is 4. The third-order valence-corrected chi connectivity index (χ3v) is 4.16. The van der Waals surface area contributed by atoms with E-state index in [2.05, 4.69) is 9.97 Å². The number of rotatable bonds is 3. The summed E-state index contributed by atoms with van der Waals surface area (Å²) in [6.45, 7) is 3.90. The molecular weight excluding hydrogens is 324 g/mol. The lowest BCUT2D eigenvalue weighted by Crippen LogP contribution is -2.20. The van der Waals surface area contributed by atoms with Crippen molar-refractivity contribution in [1.29, 1.82) is 0 Å². The van der Waals surface area contributed by atoms with Gasteiger partial charge in [-0.05, 0) is 50.3 Å². The second kappa shape index (κ2) is 6.44. The van der Waals surface area contributed by atoms with Gasteiger partial charge in [0.25, 0.3) is 5.56 Å². The molecule has 0 fully saturated rings. The predicted molar refractivity (Wildman–Crippen MR) is 103 cm³/mol. The van der Waals surface area contributed by atoms with Crippen molar-refractivity contribution in [2.24, 2.45) is 0 Å². The zero-order chi connectivity index (χ0) is 18.1. The van der Waals surface area contributed by atoms with Crippen LogP contribution < -0.4 is 5.56 Å². The molecule has 0 saturated heterocycles. The number of aromatic nitrogens is 4. The average molecular weight is 342 g/mol. The van der Waals surface area contributed by atoms with Crippen LogP contribution in [-0.2, 0) is 0 Å². The maximum absolute atomic E-state index is 12.7. The smallest absolute Gasteiger partial charge is 0.267 e. The first-order valence-electron chi connectivity index (χ1n) is 8.41. The van der Waals surface area contributed by atoms with Crippen molar-refractivity contribution in [2.75, 3.05) is 0 Å². The van der Waals surface area contributed by atoms with E-state index in [1.807, 2.05) is 85.4 Å². The van der Waals surface area contributed by atoms with Gasteiger partial charge in [-0.15, -0.1) is 0 Å². The summed E-state index contributed by atoms with van der Waals surface area (Å²) in [6, 6.07) is 17.1. The average Bonchev–Trinajstić information content (AvgIpc) is 2.98. The van der Waals surface area contributed by atoms with Crippen molar-refractivity contribution in [3.8, 4) is 5.69 Å². The van der Waals surface area contributed by atoms with E-state index in [1.54, 1.807) is 4.52 Å². The molecule has 1 aromatic carbocycles. The number of pyridine rings is 1. The van der Waals surface area contributed by atoms with Gasteiger partial charge in [0.2, 0.25) is 0 Å². The van der Waals surface area contributed by atoms with E-state index in [4.69, 9.17) is 0 Å². The maximum Gasteiger partial charge on any atom is 0.273 e. The maximum atomic E-state index is 12.7. The summed E-state index contributed by atoms with van der Waals surface area (Å²) >= 11 is 0. The molecule has 4 aromatic rings. The fourth-order valence-electron chi connectivity index (χ4n) is 2.94. The van der Waals surface area contributed by atoms with Gasteiger partial charge in [-0.25, -0.2) is 4.98 Å². The highest BCUT2D eigenvalue weighted by atomic mass is 16.1. The van der Waals surface area contributed by atoms with Crippen molar-refractivity contribution in [1.82, 2.24) is 19.2 Å². The highest BCUT2D eigenvalue weighted by molar-refractivity contribution is 5.67. The van der Waals surface area contributed by atoms with Crippen LogP contribution in [0.5, 0.6) is 0 Å². The zero-order valence-corrected chi connectivity index (χ0v) is 14.6. The molecule has 0 radical (unpaired) electrons. The Morgan fingerprint density at radius 1 is 0.885 bits per heavy atom. The molecule has 5 nitrogen and oxygen atoms in total. The molecule has 5 heteroatoms. The first-order valence-corrected chi connectivity index (χ1v) is 8.41. The number of hydrogen-bond donors (Lipinski definition) is 0. The molecule has 0 atom stereocenters. The molecule has 0 spiro atoms. The molecule has 0 aliphatic carbocycles. The predicted octanol–water partition coefficient (Wildman–Crippen LogP) is 3.67. The largest absolute Gasteiger partial charge is 0.273 e. The van der Waals surface area contributed by atoms with E-state index in [0.717, 1.165) is 22.6 Å². The first kappa shape index (κ1) is 16.0. The van der Waals surface area contributed by atoms with Crippen LogP contribution in [0.1, 0.15) is 22.6 Å². The topological polar surface area (TPSA) is 52.2 Å². The van der Waals surface area contributed by atoms with Crippen molar-refractivity contribution >= 4 is 17.8 Å². The van der Waals surface area contributed by atoms with Gasteiger partial charge < -0.3 is 0 Å². The molecule has 26 heavy (non-hydrogen) atoms. The quantitative estimate of drug-likeness (QED) is 0.571. The van der Waals surface area contributed by atoms with Crippen LogP contribution in [0.25, 0.3) is 23.5 Å². The van der Waals surface area contributed by atoms with E-state index in [-0.39, 0.29) is 5.56 Å². The highest BCUT2D eigenvalue weighted by Crippen LogP contribution is 2.14. The fraction of sp³-hybridized carbons (Fsp3) is 0.0952. The molecule has 3 aromatic heterocycles. The zero-order valence-electron chi connectivity index (χ0n) is 14.6. The lowest BCUT2D eigenvalue weighted by Gasteiger charge is -2.06. The molecule has 0 aliphatic rings. The highest BCUT2D eigenvalue weighted by Gasteiger charge is 2.10. The second-order valence-corrected chi connectivity index (χ2v) is 6.18. The lowest BCUT2D eigenvalue weighted by molar-refractivity contribution is 0.763. The molecule has 3 heterocycles. The first-order chi connectivity index (χ1) is 12.6. The summed E-state index contributed by atoms with van der Waals surface area (Å²) in [6.07, 6.45) is 5.62. The Bertz CT molecular complexity index is 1170. The van der Waals surface area contributed by atoms with Gasteiger partial charge in [0.1, 0.15) is 0 Å². The molecule has 128 valence electrons. The van der Waals surface area contributed by atoms with Crippen LogP contribution in [0.15, 0.2) is 65.6 Å². The normalized spacial score (nSPS) is 11.5. The Labute approximate surface area is 150 Å². The van der Waals surface area contributed by atoms with Gasteiger partial charge in [0.05, 0.1) is 17.1 Å². The molecular formula is C21H18N4O. The van der Waals surface area contributed by atoms with Crippen LogP contribution in [0.4, 0.5) is 0 Å². The van der Waals surface area contributed by atoms with E-state index < -0.39 is 0 Å². The number of hydrogen-bond acceptors (Lipinski definition) is 3. The monoisotopic (exact) mass is 342 g/mol. The third kappa shape index (κ3) is 2.95. The van der Waals surface area contributed by atoms with Crippen LogP contribution in [0.3, 0.4) is 0 Å². The van der Waals surface area contributed by atoms with Gasteiger partial charge in [-0.3, -0.25) is 14.5 Å². The van der Waals surface area contributed by atoms with Gasteiger partial charge in [0.15, 0.2) is 5.65 Å². The Morgan fingerprint density at radius 3 is 2.42 bits per heavy atom.